The van der Waals surface area contributed by atoms with E-state index in [1.165, 1.54) is 0 Å². The molecule has 0 aromatic carbocycles. The van der Waals surface area contributed by atoms with Gasteiger partial charge in [0, 0.05) is 11.5 Å². The van der Waals surface area contributed by atoms with Crippen LogP contribution in [-0.2, 0) is 9.84 Å². The molecular formula is C9H17NO2S. The van der Waals surface area contributed by atoms with Gasteiger partial charge < -0.3 is 5.73 Å². The fraction of sp³-hybridized carbons (Fsp3) is 1.00. The summed E-state index contributed by atoms with van der Waals surface area (Å²) in [4.78, 5) is 0. The maximum Gasteiger partial charge on any atom is 0.151 e. The van der Waals surface area contributed by atoms with Gasteiger partial charge in [0.15, 0.2) is 9.84 Å². The Hall–Kier alpha value is -0.0900. The largest absolute Gasteiger partial charge is 0.328 e. The lowest BCUT2D eigenvalue weighted by atomic mass is 10.0. The Morgan fingerprint density at radius 1 is 1.54 bits per heavy atom. The highest BCUT2D eigenvalue weighted by Gasteiger charge is 2.63. The Kier molecular flexibility index (Phi) is 1.97. The third-order valence-corrected chi connectivity index (χ3v) is 5.37. The summed E-state index contributed by atoms with van der Waals surface area (Å²) in [6.07, 6.45) is 3.28. The lowest BCUT2D eigenvalue weighted by Crippen LogP contribution is -2.39. The Bertz CT molecular complexity index is 296. The van der Waals surface area contributed by atoms with Crippen LogP contribution < -0.4 is 5.73 Å². The van der Waals surface area contributed by atoms with Gasteiger partial charge in [0.2, 0.25) is 0 Å². The van der Waals surface area contributed by atoms with E-state index >= 15 is 0 Å². The summed E-state index contributed by atoms with van der Waals surface area (Å²) in [5.41, 5.74) is 5.87. The first-order valence-electron chi connectivity index (χ1n) is 4.90. The smallest absolute Gasteiger partial charge is 0.151 e. The zero-order chi connectivity index (χ0) is 9.69. The molecule has 0 aromatic heterocycles. The molecule has 2 atom stereocenters. The van der Waals surface area contributed by atoms with Gasteiger partial charge >= 0.3 is 0 Å². The molecule has 0 bridgehead atoms. The summed E-state index contributed by atoms with van der Waals surface area (Å²) in [5, 5.41) is 0. The van der Waals surface area contributed by atoms with E-state index < -0.39 is 9.84 Å². The quantitative estimate of drug-likeness (QED) is 0.728. The van der Waals surface area contributed by atoms with Crippen LogP contribution in [-0.4, -0.2) is 26.0 Å². The monoisotopic (exact) mass is 203 g/mol. The summed E-state index contributed by atoms with van der Waals surface area (Å²) in [7, 11) is -2.63. The molecule has 1 aliphatic heterocycles. The van der Waals surface area contributed by atoms with E-state index in [9.17, 15) is 8.42 Å². The molecule has 0 radical (unpaired) electrons. The molecule has 2 fully saturated rings. The number of rotatable bonds is 3. The van der Waals surface area contributed by atoms with Crippen molar-refractivity contribution >= 4 is 9.84 Å². The van der Waals surface area contributed by atoms with Crippen LogP contribution in [0.5, 0.6) is 0 Å². The van der Waals surface area contributed by atoms with Crippen molar-refractivity contribution in [3.8, 4) is 0 Å². The zero-order valence-electron chi connectivity index (χ0n) is 7.99. The second kappa shape index (κ2) is 2.70. The van der Waals surface area contributed by atoms with Crippen LogP contribution in [0.4, 0.5) is 0 Å². The highest BCUT2D eigenvalue weighted by Crippen LogP contribution is 2.61. The minimum Gasteiger partial charge on any atom is -0.328 e. The molecule has 0 amide bonds. The fourth-order valence-corrected chi connectivity index (χ4v) is 4.87. The molecule has 0 aromatic rings. The second-order valence-electron chi connectivity index (χ2n) is 4.85. The second-order valence-corrected chi connectivity index (χ2v) is 6.91. The van der Waals surface area contributed by atoms with E-state index in [2.05, 4.69) is 0 Å². The van der Waals surface area contributed by atoms with Gasteiger partial charge in [-0.15, -0.1) is 0 Å². The van der Waals surface area contributed by atoms with Crippen LogP contribution in [0, 0.1) is 11.3 Å². The van der Waals surface area contributed by atoms with Gasteiger partial charge in [-0.1, -0.05) is 0 Å². The van der Waals surface area contributed by atoms with Crippen LogP contribution in [0.1, 0.15) is 26.2 Å². The molecule has 2 aliphatic rings. The minimum atomic E-state index is -2.63. The number of hydrogen-bond acceptors (Lipinski definition) is 3. The van der Waals surface area contributed by atoms with Crippen molar-refractivity contribution in [3.05, 3.63) is 0 Å². The molecule has 1 spiro atoms. The Labute approximate surface area is 79.6 Å². The SMILES string of the molecule is CC(N)CCC1CC12CS(=O)(=O)C2. The Balaban J connectivity index is 1.78. The van der Waals surface area contributed by atoms with Crippen LogP contribution >= 0.6 is 0 Å². The van der Waals surface area contributed by atoms with Gasteiger partial charge in [-0.25, -0.2) is 8.42 Å². The van der Waals surface area contributed by atoms with Crippen molar-refractivity contribution in [1.82, 2.24) is 0 Å². The van der Waals surface area contributed by atoms with Crippen LogP contribution in [0.15, 0.2) is 0 Å². The van der Waals surface area contributed by atoms with Gasteiger partial charge in [-0.2, -0.15) is 0 Å². The molecule has 1 saturated carbocycles. The molecule has 1 aliphatic carbocycles. The fourth-order valence-electron chi connectivity index (χ4n) is 2.49. The van der Waals surface area contributed by atoms with Gasteiger partial charge in [-0.3, -0.25) is 0 Å². The lowest BCUT2D eigenvalue weighted by molar-refractivity contribution is 0.451. The number of sulfone groups is 1. The van der Waals surface area contributed by atoms with Gasteiger partial charge in [0.05, 0.1) is 11.5 Å². The highest BCUT2D eigenvalue weighted by molar-refractivity contribution is 7.92. The van der Waals surface area contributed by atoms with E-state index in [1.54, 1.807) is 0 Å². The first kappa shape index (κ1) is 9.46. The average Bonchev–Trinajstić information content (AvgIpc) is 2.56. The molecule has 2 unspecified atom stereocenters. The third-order valence-electron chi connectivity index (χ3n) is 3.34. The van der Waals surface area contributed by atoms with Gasteiger partial charge in [-0.05, 0) is 32.1 Å². The predicted octanol–water partition coefficient (Wildman–Crippen LogP) is 0.548. The van der Waals surface area contributed by atoms with Crippen molar-refractivity contribution in [2.24, 2.45) is 17.1 Å². The van der Waals surface area contributed by atoms with Crippen molar-refractivity contribution < 1.29 is 8.42 Å². The van der Waals surface area contributed by atoms with Gasteiger partial charge in [0.1, 0.15) is 0 Å². The topological polar surface area (TPSA) is 60.2 Å². The van der Waals surface area contributed by atoms with Crippen LogP contribution in [0.3, 0.4) is 0 Å². The maximum absolute atomic E-state index is 11.0. The molecule has 2 N–H and O–H groups in total. The summed E-state index contributed by atoms with van der Waals surface area (Å²) in [5.74, 6) is 1.55. The minimum absolute atomic E-state index is 0.216. The zero-order valence-corrected chi connectivity index (χ0v) is 8.81. The third kappa shape index (κ3) is 1.74. The lowest BCUT2D eigenvalue weighted by Gasteiger charge is -2.27. The molecule has 1 saturated heterocycles. The first-order chi connectivity index (χ1) is 5.94. The Morgan fingerprint density at radius 3 is 2.62 bits per heavy atom. The standard InChI is InChI=1S/C9H17NO2S/c1-7(10)2-3-8-4-9(8)5-13(11,12)6-9/h7-8H,2-6,10H2,1H3. The highest BCUT2D eigenvalue weighted by atomic mass is 32.2. The molecule has 2 rings (SSSR count). The first-order valence-corrected chi connectivity index (χ1v) is 6.72. The van der Waals surface area contributed by atoms with E-state index in [0.29, 0.717) is 17.4 Å². The summed E-state index contributed by atoms with van der Waals surface area (Å²) < 4.78 is 22.0. The van der Waals surface area contributed by atoms with E-state index in [4.69, 9.17) is 5.73 Å². The summed E-state index contributed by atoms with van der Waals surface area (Å²) in [6, 6.07) is 0.259. The molecule has 4 heteroatoms. The van der Waals surface area contributed by atoms with Crippen molar-refractivity contribution in [1.29, 1.82) is 0 Å². The van der Waals surface area contributed by atoms with Gasteiger partial charge in [0.25, 0.3) is 0 Å². The normalized spacial score (nSPS) is 35.4. The van der Waals surface area contributed by atoms with E-state index in [-0.39, 0.29) is 11.5 Å². The maximum atomic E-state index is 11.0. The molecule has 76 valence electrons. The van der Waals surface area contributed by atoms with Crippen molar-refractivity contribution in [3.63, 3.8) is 0 Å². The Morgan fingerprint density at radius 2 is 2.15 bits per heavy atom. The molecule has 13 heavy (non-hydrogen) atoms. The summed E-state index contributed by atoms with van der Waals surface area (Å²) >= 11 is 0. The molecule has 1 heterocycles. The molecule has 3 nitrogen and oxygen atoms in total. The average molecular weight is 203 g/mol. The number of nitrogens with two attached hydrogens (primary N) is 1. The van der Waals surface area contributed by atoms with Crippen molar-refractivity contribution in [2.45, 2.75) is 32.2 Å². The van der Waals surface area contributed by atoms with Crippen LogP contribution in [0.25, 0.3) is 0 Å². The van der Waals surface area contributed by atoms with E-state index in [1.807, 2.05) is 6.92 Å². The predicted molar refractivity (Wildman–Crippen MR) is 52.1 cm³/mol. The van der Waals surface area contributed by atoms with Crippen LogP contribution in [0.2, 0.25) is 0 Å². The van der Waals surface area contributed by atoms with Crippen molar-refractivity contribution in [2.75, 3.05) is 11.5 Å². The van der Waals surface area contributed by atoms with E-state index in [0.717, 1.165) is 19.3 Å². The number of hydrogen-bond donors (Lipinski definition) is 1. The summed E-state index contributed by atoms with van der Waals surface area (Å²) in [6.45, 7) is 2.01. The molecular weight excluding hydrogens is 186 g/mol.